The first-order valence-corrected chi connectivity index (χ1v) is 8.78. The predicted molar refractivity (Wildman–Crippen MR) is 80.3 cm³/mol. The van der Waals surface area contributed by atoms with Crippen LogP contribution >= 0.6 is 10.7 Å². The average molecular weight is 318 g/mol. The molecule has 0 spiro atoms. The smallest absolute Gasteiger partial charge is 0.261 e. The van der Waals surface area contributed by atoms with Crippen molar-refractivity contribution in [3.8, 4) is 0 Å². The highest BCUT2D eigenvalue weighted by Gasteiger charge is 2.12. The Labute approximate surface area is 125 Å². The van der Waals surface area contributed by atoms with Crippen molar-refractivity contribution >= 4 is 25.6 Å². The molecule has 0 aromatic heterocycles. The third kappa shape index (κ3) is 5.51. The van der Waals surface area contributed by atoms with Crippen LogP contribution in [0.5, 0.6) is 0 Å². The van der Waals surface area contributed by atoms with Gasteiger partial charge in [-0.1, -0.05) is 26.0 Å². The molecule has 1 rings (SSSR count). The minimum atomic E-state index is -3.68. The SMILES string of the molecule is CC(C)CN(C)C(=O)CCc1ccc(S(=O)(=O)Cl)cc1. The van der Waals surface area contributed by atoms with Crippen molar-refractivity contribution in [3.63, 3.8) is 0 Å². The summed E-state index contributed by atoms with van der Waals surface area (Å²) in [6.45, 7) is 4.87. The van der Waals surface area contributed by atoms with Crippen LogP contribution in [-0.2, 0) is 20.3 Å². The number of hydrogen-bond donors (Lipinski definition) is 0. The van der Waals surface area contributed by atoms with Gasteiger partial charge in [0, 0.05) is 30.7 Å². The lowest BCUT2D eigenvalue weighted by Crippen LogP contribution is -2.30. The van der Waals surface area contributed by atoms with Crippen molar-refractivity contribution < 1.29 is 13.2 Å². The molecule has 0 bridgehead atoms. The second kappa shape index (κ2) is 7.09. The maximum atomic E-state index is 11.9. The number of halogens is 1. The van der Waals surface area contributed by atoms with Crippen molar-refractivity contribution in [3.05, 3.63) is 29.8 Å². The van der Waals surface area contributed by atoms with Crippen molar-refractivity contribution in [2.45, 2.75) is 31.6 Å². The second-order valence-corrected chi connectivity index (χ2v) is 7.82. The van der Waals surface area contributed by atoms with E-state index in [1.807, 2.05) is 0 Å². The van der Waals surface area contributed by atoms with Gasteiger partial charge in [0.05, 0.1) is 4.90 Å². The molecule has 0 aliphatic rings. The van der Waals surface area contributed by atoms with Crippen LogP contribution in [0.25, 0.3) is 0 Å². The molecule has 0 radical (unpaired) electrons. The average Bonchev–Trinajstić information content (AvgIpc) is 2.34. The van der Waals surface area contributed by atoms with Crippen molar-refractivity contribution in [1.29, 1.82) is 0 Å². The van der Waals surface area contributed by atoms with Crippen LogP contribution in [0.15, 0.2) is 29.2 Å². The summed E-state index contributed by atoms with van der Waals surface area (Å²) >= 11 is 0. The Morgan fingerprint density at radius 1 is 1.25 bits per heavy atom. The molecule has 112 valence electrons. The zero-order valence-corrected chi connectivity index (χ0v) is 13.5. The lowest BCUT2D eigenvalue weighted by atomic mass is 10.1. The van der Waals surface area contributed by atoms with E-state index in [2.05, 4.69) is 13.8 Å². The van der Waals surface area contributed by atoms with E-state index in [4.69, 9.17) is 10.7 Å². The minimum Gasteiger partial charge on any atom is -0.345 e. The first-order valence-electron chi connectivity index (χ1n) is 6.47. The molecular weight excluding hydrogens is 298 g/mol. The Kier molecular flexibility index (Phi) is 6.02. The van der Waals surface area contributed by atoms with Crippen molar-refractivity contribution in [1.82, 2.24) is 4.90 Å². The Balaban J connectivity index is 2.56. The van der Waals surface area contributed by atoms with E-state index in [1.165, 1.54) is 12.1 Å². The summed E-state index contributed by atoms with van der Waals surface area (Å²) in [5.41, 5.74) is 0.917. The fourth-order valence-electron chi connectivity index (χ4n) is 1.91. The zero-order chi connectivity index (χ0) is 15.3. The zero-order valence-electron chi connectivity index (χ0n) is 12.0. The topological polar surface area (TPSA) is 54.5 Å². The second-order valence-electron chi connectivity index (χ2n) is 5.25. The molecule has 1 amide bonds. The van der Waals surface area contributed by atoms with Crippen molar-refractivity contribution in [2.24, 2.45) is 5.92 Å². The van der Waals surface area contributed by atoms with Crippen LogP contribution in [0.3, 0.4) is 0 Å². The Hall–Kier alpha value is -1.07. The first kappa shape index (κ1) is 17.0. The lowest BCUT2D eigenvalue weighted by Gasteiger charge is -2.19. The molecule has 1 aromatic rings. The van der Waals surface area contributed by atoms with Gasteiger partial charge in [0.1, 0.15) is 0 Å². The minimum absolute atomic E-state index is 0.0752. The highest BCUT2D eigenvalue weighted by molar-refractivity contribution is 8.13. The molecule has 0 aliphatic heterocycles. The van der Waals surface area contributed by atoms with Gasteiger partial charge in [-0.15, -0.1) is 0 Å². The molecule has 0 saturated carbocycles. The van der Waals surface area contributed by atoms with Crippen LogP contribution in [0.1, 0.15) is 25.8 Å². The van der Waals surface area contributed by atoms with E-state index in [0.29, 0.717) is 18.8 Å². The molecule has 0 saturated heterocycles. The number of rotatable bonds is 6. The normalized spacial score (nSPS) is 11.7. The molecule has 6 heteroatoms. The van der Waals surface area contributed by atoms with E-state index in [1.54, 1.807) is 24.1 Å². The summed E-state index contributed by atoms with van der Waals surface area (Å²) in [6.07, 6.45) is 1.00. The number of aryl methyl sites for hydroxylation is 1. The molecule has 0 N–H and O–H groups in total. The Morgan fingerprint density at radius 3 is 2.25 bits per heavy atom. The molecule has 0 aliphatic carbocycles. The monoisotopic (exact) mass is 317 g/mol. The predicted octanol–water partition coefficient (Wildman–Crippen LogP) is 2.66. The van der Waals surface area contributed by atoms with Gasteiger partial charge >= 0.3 is 0 Å². The number of carbonyl (C=O) groups is 1. The third-order valence-electron chi connectivity index (χ3n) is 2.90. The summed E-state index contributed by atoms with van der Waals surface area (Å²) in [4.78, 5) is 13.7. The molecule has 1 aromatic carbocycles. The van der Waals surface area contributed by atoms with E-state index in [9.17, 15) is 13.2 Å². The molecule has 0 fully saturated rings. The van der Waals surface area contributed by atoms with Gasteiger partial charge in [-0.05, 0) is 30.0 Å². The van der Waals surface area contributed by atoms with Gasteiger partial charge in [0.2, 0.25) is 5.91 Å². The largest absolute Gasteiger partial charge is 0.345 e. The van der Waals surface area contributed by atoms with Gasteiger partial charge < -0.3 is 4.90 Å². The van der Waals surface area contributed by atoms with Crippen molar-refractivity contribution in [2.75, 3.05) is 13.6 Å². The summed E-state index contributed by atoms with van der Waals surface area (Å²) in [5.74, 6) is 0.532. The maximum Gasteiger partial charge on any atom is 0.261 e. The third-order valence-corrected chi connectivity index (χ3v) is 4.27. The van der Waals surface area contributed by atoms with Crippen LogP contribution in [0, 0.1) is 5.92 Å². The van der Waals surface area contributed by atoms with Crippen LogP contribution in [0.4, 0.5) is 0 Å². The molecule has 4 nitrogen and oxygen atoms in total. The fourth-order valence-corrected chi connectivity index (χ4v) is 2.68. The molecule has 0 heterocycles. The number of carbonyl (C=O) groups excluding carboxylic acids is 1. The van der Waals surface area contributed by atoms with Gasteiger partial charge in [-0.25, -0.2) is 8.42 Å². The van der Waals surface area contributed by atoms with Gasteiger partial charge in [-0.3, -0.25) is 4.79 Å². The standard InChI is InChI=1S/C14H20ClNO3S/c1-11(2)10-16(3)14(17)9-6-12-4-7-13(8-5-12)20(15,18)19/h4-5,7-8,11H,6,9-10H2,1-3H3. The number of hydrogen-bond acceptors (Lipinski definition) is 3. The summed E-state index contributed by atoms with van der Waals surface area (Å²) in [5, 5.41) is 0. The Morgan fingerprint density at radius 2 is 1.80 bits per heavy atom. The summed E-state index contributed by atoms with van der Waals surface area (Å²) in [7, 11) is 3.36. The van der Waals surface area contributed by atoms with Gasteiger partial charge in [0.15, 0.2) is 0 Å². The highest BCUT2D eigenvalue weighted by atomic mass is 35.7. The highest BCUT2D eigenvalue weighted by Crippen LogP contribution is 2.16. The lowest BCUT2D eigenvalue weighted by molar-refractivity contribution is -0.130. The van der Waals surface area contributed by atoms with Crippen LogP contribution in [-0.4, -0.2) is 32.8 Å². The van der Waals surface area contributed by atoms with Gasteiger partial charge in [-0.2, -0.15) is 0 Å². The molecule has 0 atom stereocenters. The molecular formula is C14H20ClNO3S. The quantitative estimate of drug-likeness (QED) is 0.758. The maximum absolute atomic E-state index is 11.9. The van der Waals surface area contributed by atoms with E-state index in [-0.39, 0.29) is 10.8 Å². The number of nitrogens with zero attached hydrogens (tertiary/aromatic N) is 1. The first-order chi connectivity index (χ1) is 9.20. The Bertz CT molecular complexity index is 552. The van der Waals surface area contributed by atoms with Crippen LogP contribution in [0.2, 0.25) is 0 Å². The number of amides is 1. The summed E-state index contributed by atoms with van der Waals surface area (Å²) in [6, 6.07) is 6.29. The summed E-state index contributed by atoms with van der Waals surface area (Å²) < 4.78 is 22.2. The molecule has 20 heavy (non-hydrogen) atoms. The van der Waals surface area contributed by atoms with E-state index >= 15 is 0 Å². The molecule has 0 unspecified atom stereocenters. The van der Waals surface area contributed by atoms with Crippen LogP contribution < -0.4 is 0 Å². The van der Waals surface area contributed by atoms with E-state index < -0.39 is 9.05 Å². The number of benzene rings is 1. The van der Waals surface area contributed by atoms with Gasteiger partial charge in [0.25, 0.3) is 9.05 Å². The fraction of sp³-hybridized carbons (Fsp3) is 0.500. The van der Waals surface area contributed by atoms with E-state index in [0.717, 1.165) is 12.1 Å².